The van der Waals surface area contributed by atoms with Crippen LogP contribution >= 0.6 is 0 Å². The van der Waals surface area contributed by atoms with Crippen LogP contribution in [0.1, 0.15) is 33.1 Å². The van der Waals surface area contributed by atoms with Gasteiger partial charge in [0.25, 0.3) is 0 Å². The van der Waals surface area contributed by atoms with Gasteiger partial charge in [0.1, 0.15) is 15.4 Å². The van der Waals surface area contributed by atoms with Gasteiger partial charge in [0, 0.05) is 32.8 Å². The predicted molar refractivity (Wildman–Crippen MR) is 76.4 cm³/mol. The van der Waals surface area contributed by atoms with Crippen LogP contribution in [0.3, 0.4) is 0 Å². The van der Waals surface area contributed by atoms with Gasteiger partial charge < -0.3 is 19.7 Å². The van der Waals surface area contributed by atoms with E-state index >= 15 is 0 Å². The molecule has 6 heteroatoms. The van der Waals surface area contributed by atoms with E-state index in [-0.39, 0.29) is 11.9 Å². The topological polar surface area (TPSA) is 50.8 Å². The number of amides is 2. The minimum absolute atomic E-state index is 0.0488. The number of urea groups is 1. The van der Waals surface area contributed by atoms with Crippen molar-refractivity contribution in [1.82, 2.24) is 10.2 Å². The first-order valence-electron chi connectivity index (χ1n) is 7.27. The quantitative estimate of drug-likeness (QED) is 0.357. The molecular formula is C13H26N2O3Si. The third kappa shape index (κ3) is 6.94. The van der Waals surface area contributed by atoms with Crippen molar-refractivity contribution >= 4 is 15.6 Å². The maximum absolute atomic E-state index is 11.4. The van der Waals surface area contributed by atoms with Gasteiger partial charge in [0.2, 0.25) is 0 Å². The Morgan fingerprint density at radius 2 is 2.00 bits per heavy atom. The van der Waals surface area contributed by atoms with E-state index in [1.54, 1.807) is 0 Å². The number of hydrogen-bond donors (Lipinski definition) is 1. The Labute approximate surface area is 118 Å². The monoisotopic (exact) mass is 286 g/mol. The standard InChI is InChI=1S/C13H26N2O3Si/c1-3-9-17-13(18-10-4-2)19-11-5-7-15-8-6-14-12(15)16/h13H,3-11H2,1-2H3,(H,14,16). The van der Waals surface area contributed by atoms with Gasteiger partial charge in [0.05, 0.1) is 0 Å². The highest BCUT2D eigenvalue weighted by atomic mass is 28.2. The van der Waals surface area contributed by atoms with Crippen LogP contribution in [0.4, 0.5) is 4.79 Å². The molecule has 19 heavy (non-hydrogen) atoms. The van der Waals surface area contributed by atoms with E-state index in [2.05, 4.69) is 19.2 Å². The number of ether oxygens (including phenoxy) is 2. The van der Waals surface area contributed by atoms with E-state index in [0.29, 0.717) is 9.52 Å². The highest BCUT2D eigenvalue weighted by Crippen LogP contribution is 2.04. The highest BCUT2D eigenvalue weighted by Gasteiger charge is 2.18. The molecule has 0 aromatic heterocycles. The Balaban J connectivity index is 2.10. The number of nitrogens with one attached hydrogen (secondary N) is 1. The van der Waals surface area contributed by atoms with Crippen LogP contribution in [0.25, 0.3) is 0 Å². The molecule has 1 N–H and O–H groups in total. The molecule has 1 aliphatic rings. The van der Waals surface area contributed by atoms with Crippen molar-refractivity contribution in [3.63, 3.8) is 0 Å². The average molecular weight is 286 g/mol. The number of rotatable bonds is 11. The summed E-state index contributed by atoms with van der Waals surface area (Å²) in [5.41, 5.74) is 0. The summed E-state index contributed by atoms with van der Waals surface area (Å²) in [6, 6.07) is 1.13. The van der Waals surface area contributed by atoms with Crippen molar-refractivity contribution in [2.45, 2.75) is 45.1 Å². The smallest absolute Gasteiger partial charge is 0.317 e. The van der Waals surface area contributed by atoms with Gasteiger partial charge >= 0.3 is 6.03 Å². The Hall–Kier alpha value is -0.593. The minimum atomic E-state index is -0.0488. The normalized spacial score (nSPS) is 15.3. The Kier molecular flexibility index (Phi) is 8.86. The summed E-state index contributed by atoms with van der Waals surface area (Å²) in [5, 5.41) is 2.81. The zero-order valence-electron chi connectivity index (χ0n) is 12.1. The molecule has 1 heterocycles. The molecule has 0 aromatic carbocycles. The van der Waals surface area contributed by atoms with E-state index in [0.717, 1.165) is 58.2 Å². The summed E-state index contributed by atoms with van der Waals surface area (Å²) in [6.07, 6.45) is 3.06. The molecule has 1 fully saturated rings. The molecular weight excluding hydrogens is 260 g/mol. The zero-order chi connectivity index (χ0) is 13.9. The average Bonchev–Trinajstić information content (AvgIpc) is 2.82. The van der Waals surface area contributed by atoms with E-state index in [1.165, 1.54) is 0 Å². The molecule has 2 amide bonds. The first-order chi connectivity index (χ1) is 9.27. The van der Waals surface area contributed by atoms with Crippen LogP contribution < -0.4 is 5.32 Å². The molecule has 0 atom stereocenters. The minimum Gasteiger partial charge on any atom is -0.357 e. The fourth-order valence-corrected chi connectivity index (χ4v) is 2.90. The molecule has 1 rings (SSSR count). The molecule has 0 spiro atoms. The Bertz CT molecular complexity index is 246. The van der Waals surface area contributed by atoms with Crippen molar-refractivity contribution in [2.75, 3.05) is 32.8 Å². The summed E-state index contributed by atoms with van der Waals surface area (Å²) in [5.74, 6) is -0.0488. The van der Waals surface area contributed by atoms with Crippen LogP contribution in [0.15, 0.2) is 0 Å². The van der Waals surface area contributed by atoms with Crippen molar-refractivity contribution in [1.29, 1.82) is 0 Å². The molecule has 0 aromatic rings. The largest absolute Gasteiger partial charge is 0.357 e. The molecule has 5 nitrogen and oxygen atoms in total. The maximum atomic E-state index is 11.4. The van der Waals surface area contributed by atoms with E-state index < -0.39 is 0 Å². The van der Waals surface area contributed by atoms with Crippen molar-refractivity contribution in [2.24, 2.45) is 0 Å². The lowest BCUT2D eigenvalue weighted by Crippen LogP contribution is -2.30. The van der Waals surface area contributed by atoms with Crippen LogP contribution in [0.5, 0.6) is 0 Å². The Morgan fingerprint density at radius 3 is 2.53 bits per heavy atom. The van der Waals surface area contributed by atoms with Gasteiger partial charge in [-0.25, -0.2) is 4.79 Å². The van der Waals surface area contributed by atoms with Crippen LogP contribution in [0.2, 0.25) is 6.04 Å². The van der Waals surface area contributed by atoms with Crippen molar-refractivity contribution in [3.05, 3.63) is 0 Å². The van der Waals surface area contributed by atoms with Crippen LogP contribution in [-0.2, 0) is 9.47 Å². The SMILES string of the molecule is CCCOC(OCCC)[Si]CCCN1CCNC1=O. The fraction of sp³-hybridized carbons (Fsp3) is 0.923. The van der Waals surface area contributed by atoms with Gasteiger partial charge in [-0.3, -0.25) is 0 Å². The zero-order valence-corrected chi connectivity index (χ0v) is 13.1. The van der Waals surface area contributed by atoms with E-state index in [9.17, 15) is 4.79 Å². The van der Waals surface area contributed by atoms with Crippen LogP contribution in [0, 0.1) is 0 Å². The first-order valence-corrected chi connectivity index (χ1v) is 8.55. The Morgan fingerprint density at radius 1 is 1.32 bits per heavy atom. The van der Waals surface area contributed by atoms with Gasteiger partial charge in [0.15, 0.2) is 0 Å². The molecule has 1 saturated heterocycles. The summed E-state index contributed by atoms with van der Waals surface area (Å²) in [4.78, 5) is 13.2. The number of carbonyl (C=O) groups excluding carboxylic acids is 1. The number of nitrogens with zero attached hydrogens (tertiary/aromatic N) is 1. The second kappa shape index (κ2) is 10.2. The van der Waals surface area contributed by atoms with Gasteiger partial charge in [-0.1, -0.05) is 19.9 Å². The lowest BCUT2D eigenvalue weighted by molar-refractivity contribution is -0.0904. The van der Waals surface area contributed by atoms with Gasteiger partial charge in [-0.05, 0) is 19.3 Å². The molecule has 1 aliphatic heterocycles. The molecule has 110 valence electrons. The number of carbonyl (C=O) groups is 1. The second-order valence-corrected chi connectivity index (χ2v) is 5.98. The summed E-state index contributed by atoms with van der Waals surface area (Å²) >= 11 is 0. The molecule has 0 saturated carbocycles. The van der Waals surface area contributed by atoms with E-state index in [4.69, 9.17) is 9.47 Å². The predicted octanol–water partition coefficient (Wildman–Crippen LogP) is 1.66. The van der Waals surface area contributed by atoms with Crippen molar-refractivity contribution in [3.8, 4) is 0 Å². The van der Waals surface area contributed by atoms with Gasteiger partial charge in [-0.2, -0.15) is 0 Å². The van der Waals surface area contributed by atoms with Gasteiger partial charge in [-0.15, -0.1) is 0 Å². The third-order valence-electron chi connectivity index (χ3n) is 2.81. The number of hydrogen-bond acceptors (Lipinski definition) is 3. The fourth-order valence-electron chi connectivity index (χ4n) is 1.83. The van der Waals surface area contributed by atoms with Crippen molar-refractivity contribution < 1.29 is 14.3 Å². The summed E-state index contributed by atoms with van der Waals surface area (Å²) in [7, 11) is 0.655. The maximum Gasteiger partial charge on any atom is 0.317 e. The lowest BCUT2D eigenvalue weighted by atomic mass is 10.4. The second-order valence-electron chi connectivity index (χ2n) is 4.60. The lowest BCUT2D eigenvalue weighted by Gasteiger charge is -2.18. The highest BCUT2D eigenvalue weighted by molar-refractivity contribution is 6.36. The van der Waals surface area contributed by atoms with Crippen LogP contribution in [-0.4, -0.2) is 59.2 Å². The summed E-state index contributed by atoms with van der Waals surface area (Å²) < 4.78 is 11.4. The summed E-state index contributed by atoms with van der Waals surface area (Å²) in [6.45, 7) is 8.18. The first kappa shape index (κ1) is 16.5. The molecule has 0 bridgehead atoms. The molecule has 2 radical (unpaired) electrons. The molecule has 0 aliphatic carbocycles. The van der Waals surface area contributed by atoms with E-state index in [1.807, 2.05) is 4.90 Å². The molecule has 0 unspecified atom stereocenters. The third-order valence-corrected chi connectivity index (χ3v) is 4.12.